The van der Waals surface area contributed by atoms with Gasteiger partial charge in [-0.15, -0.1) is 0 Å². The standard InChI is InChI=1S/C63H42N2/c64-62(44-17-4-1-5-18-44)65-60(48-34-35-55-54-26-14-15-27-58(54)63(59(55)41-48,50-20-6-2-7-21-50)51-22-8-3-9-23-51)37-29-42-28-30-46-39-49(32-31-45(46)38-42)61-53-25-13-11-19-47(53)40-57-52-24-12-10-16-43(52)33-36-56(57)61/h1-41,64H/b37-29+,64-62?,65-60?. The lowest BCUT2D eigenvalue weighted by molar-refractivity contribution is 0.768. The number of allylic oxidation sites excluding steroid dienone is 1. The fraction of sp³-hybridized carbons (Fsp3) is 0.0159. The molecular formula is C63H42N2. The van der Waals surface area contributed by atoms with Gasteiger partial charge in [0.05, 0.1) is 11.1 Å². The molecule has 65 heavy (non-hydrogen) atoms. The van der Waals surface area contributed by atoms with E-state index < -0.39 is 5.41 Å². The van der Waals surface area contributed by atoms with Gasteiger partial charge >= 0.3 is 0 Å². The van der Waals surface area contributed by atoms with Crippen molar-refractivity contribution in [1.29, 1.82) is 5.41 Å². The summed E-state index contributed by atoms with van der Waals surface area (Å²) in [4.78, 5) is 5.09. The third kappa shape index (κ3) is 6.41. The van der Waals surface area contributed by atoms with Gasteiger partial charge in [0.2, 0.25) is 0 Å². The van der Waals surface area contributed by atoms with Crippen molar-refractivity contribution in [1.82, 2.24) is 0 Å². The second-order valence-electron chi connectivity index (χ2n) is 17.0. The molecule has 2 heteroatoms. The summed E-state index contributed by atoms with van der Waals surface area (Å²) in [6.07, 6.45) is 4.22. The van der Waals surface area contributed by atoms with Crippen LogP contribution in [0.15, 0.2) is 248 Å². The number of amidine groups is 1. The molecule has 0 aliphatic heterocycles. The molecule has 0 fully saturated rings. The van der Waals surface area contributed by atoms with Crippen LogP contribution in [0, 0.1) is 5.41 Å². The molecule has 0 saturated carbocycles. The van der Waals surface area contributed by atoms with E-state index in [1.165, 1.54) is 82.2 Å². The molecule has 0 heterocycles. The summed E-state index contributed by atoms with van der Waals surface area (Å²) in [6.45, 7) is 0. The molecule has 0 radical (unpaired) electrons. The first-order chi connectivity index (χ1) is 32.1. The smallest absolute Gasteiger partial charge is 0.152 e. The Morgan fingerprint density at radius 3 is 1.80 bits per heavy atom. The van der Waals surface area contributed by atoms with E-state index in [1.54, 1.807) is 0 Å². The zero-order chi connectivity index (χ0) is 43.3. The number of nitrogens with zero attached hydrogens (tertiary/aromatic N) is 1. The highest BCUT2D eigenvalue weighted by Gasteiger charge is 2.46. The van der Waals surface area contributed by atoms with Gasteiger partial charge < -0.3 is 0 Å². The summed E-state index contributed by atoms with van der Waals surface area (Å²) < 4.78 is 0. The van der Waals surface area contributed by atoms with E-state index in [4.69, 9.17) is 4.99 Å². The van der Waals surface area contributed by atoms with Gasteiger partial charge in [0.1, 0.15) is 0 Å². The van der Waals surface area contributed by atoms with E-state index in [0.717, 1.165) is 27.8 Å². The first-order valence-corrected chi connectivity index (χ1v) is 22.3. The van der Waals surface area contributed by atoms with Crippen LogP contribution >= 0.6 is 0 Å². The monoisotopic (exact) mass is 826 g/mol. The van der Waals surface area contributed by atoms with Crippen molar-refractivity contribution in [3.8, 4) is 22.3 Å². The normalized spacial score (nSPS) is 13.1. The van der Waals surface area contributed by atoms with E-state index in [2.05, 4.69) is 218 Å². The maximum atomic E-state index is 9.22. The lowest BCUT2D eigenvalue weighted by atomic mass is 9.67. The summed E-state index contributed by atoms with van der Waals surface area (Å²) in [5, 5.41) is 19.1. The molecule has 0 unspecified atom stereocenters. The minimum absolute atomic E-state index is 0.214. The van der Waals surface area contributed by atoms with Crippen LogP contribution in [0.3, 0.4) is 0 Å². The molecule has 12 rings (SSSR count). The second-order valence-corrected chi connectivity index (χ2v) is 17.0. The van der Waals surface area contributed by atoms with Crippen LogP contribution in [0.25, 0.3) is 71.4 Å². The lowest BCUT2D eigenvalue weighted by Gasteiger charge is -2.34. The van der Waals surface area contributed by atoms with Crippen LogP contribution in [-0.2, 0) is 5.41 Å². The maximum absolute atomic E-state index is 9.22. The van der Waals surface area contributed by atoms with Gasteiger partial charge in [-0.25, -0.2) is 4.99 Å². The summed E-state index contributed by atoms with van der Waals surface area (Å²) >= 11 is 0. The number of nitrogens with one attached hydrogen (secondary N) is 1. The van der Waals surface area contributed by atoms with Crippen LogP contribution in [-0.4, -0.2) is 11.5 Å². The van der Waals surface area contributed by atoms with E-state index in [1.807, 2.05) is 30.3 Å². The number of hydrogen-bond donors (Lipinski definition) is 1. The van der Waals surface area contributed by atoms with Crippen molar-refractivity contribution in [2.45, 2.75) is 5.41 Å². The molecule has 0 aromatic heterocycles. The van der Waals surface area contributed by atoms with E-state index in [-0.39, 0.29) is 5.84 Å². The Balaban J connectivity index is 0.975. The molecule has 304 valence electrons. The highest BCUT2D eigenvalue weighted by Crippen LogP contribution is 2.56. The number of hydrogen-bond acceptors (Lipinski definition) is 1. The van der Waals surface area contributed by atoms with Gasteiger partial charge in [-0.2, -0.15) is 0 Å². The molecule has 1 aliphatic rings. The molecule has 0 amide bonds. The van der Waals surface area contributed by atoms with Crippen molar-refractivity contribution < 1.29 is 0 Å². The third-order valence-electron chi connectivity index (χ3n) is 13.4. The minimum atomic E-state index is -0.546. The van der Waals surface area contributed by atoms with Crippen molar-refractivity contribution in [2.75, 3.05) is 0 Å². The Morgan fingerprint density at radius 1 is 0.400 bits per heavy atom. The quantitative estimate of drug-likeness (QED) is 0.0719. The van der Waals surface area contributed by atoms with E-state index >= 15 is 0 Å². The summed E-state index contributed by atoms with van der Waals surface area (Å²) in [7, 11) is 0. The lowest BCUT2D eigenvalue weighted by Crippen LogP contribution is -2.28. The largest absolute Gasteiger partial charge is 0.282 e. The van der Waals surface area contributed by atoms with Gasteiger partial charge in [-0.05, 0) is 124 Å². The first-order valence-electron chi connectivity index (χ1n) is 22.3. The minimum Gasteiger partial charge on any atom is -0.282 e. The van der Waals surface area contributed by atoms with Crippen LogP contribution in [0.1, 0.15) is 38.9 Å². The molecular weight excluding hydrogens is 785 g/mol. The number of rotatable bonds is 7. The molecule has 1 N–H and O–H groups in total. The molecule has 0 spiro atoms. The van der Waals surface area contributed by atoms with Crippen LogP contribution in [0.4, 0.5) is 0 Å². The van der Waals surface area contributed by atoms with Crippen LogP contribution in [0.2, 0.25) is 0 Å². The average molecular weight is 827 g/mol. The van der Waals surface area contributed by atoms with Crippen molar-refractivity contribution in [2.24, 2.45) is 4.99 Å². The third-order valence-corrected chi connectivity index (χ3v) is 13.4. The highest BCUT2D eigenvalue weighted by molar-refractivity contribution is 6.21. The van der Waals surface area contributed by atoms with Gasteiger partial charge in [0.25, 0.3) is 0 Å². The molecule has 11 aromatic carbocycles. The Bertz CT molecular complexity index is 3670. The fourth-order valence-electron chi connectivity index (χ4n) is 10.4. The molecule has 0 atom stereocenters. The van der Waals surface area contributed by atoms with Crippen LogP contribution in [0.5, 0.6) is 0 Å². The Hall–Kier alpha value is -8.46. The van der Waals surface area contributed by atoms with Crippen molar-refractivity contribution in [3.63, 3.8) is 0 Å². The number of aliphatic imine (C=N–C) groups is 1. The molecule has 11 aromatic rings. The average Bonchev–Trinajstić information content (AvgIpc) is 3.67. The number of fused-ring (bicyclic) bond motifs is 8. The summed E-state index contributed by atoms with van der Waals surface area (Å²) in [5.74, 6) is 0.214. The highest BCUT2D eigenvalue weighted by atomic mass is 14.8. The predicted molar refractivity (Wildman–Crippen MR) is 274 cm³/mol. The topological polar surface area (TPSA) is 36.2 Å². The fourth-order valence-corrected chi connectivity index (χ4v) is 10.4. The summed E-state index contributed by atoms with van der Waals surface area (Å²) in [5.41, 5.74) is 12.7. The molecule has 0 saturated heterocycles. The van der Waals surface area contributed by atoms with E-state index in [0.29, 0.717) is 0 Å². The van der Waals surface area contributed by atoms with E-state index in [9.17, 15) is 5.41 Å². The second kappa shape index (κ2) is 15.7. The van der Waals surface area contributed by atoms with Crippen molar-refractivity contribution >= 4 is 60.7 Å². The van der Waals surface area contributed by atoms with Crippen LogP contribution < -0.4 is 0 Å². The molecule has 1 aliphatic carbocycles. The first kappa shape index (κ1) is 38.2. The zero-order valence-electron chi connectivity index (χ0n) is 35.6. The summed E-state index contributed by atoms with van der Waals surface area (Å²) in [6, 6.07) is 84.9. The zero-order valence-corrected chi connectivity index (χ0v) is 35.6. The van der Waals surface area contributed by atoms with Gasteiger partial charge in [-0.1, -0.05) is 218 Å². The SMILES string of the molecule is N=C(N=C(/C=C/c1ccc2cc(-c3c4ccccc4cc4c3ccc3ccccc34)ccc2c1)c1ccc2c(c1)C(c1ccccc1)(c1ccccc1)c1ccccc1-2)c1ccccc1. The van der Waals surface area contributed by atoms with Gasteiger partial charge in [0.15, 0.2) is 5.84 Å². The molecule has 2 nitrogen and oxygen atoms in total. The van der Waals surface area contributed by atoms with Crippen molar-refractivity contribution in [3.05, 3.63) is 282 Å². The Labute approximate surface area is 378 Å². The Morgan fingerprint density at radius 2 is 1.02 bits per heavy atom. The Kier molecular flexibility index (Phi) is 9.24. The van der Waals surface area contributed by atoms with Gasteiger partial charge in [0, 0.05) is 11.1 Å². The number of benzene rings is 11. The predicted octanol–water partition coefficient (Wildman–Crippen LogP) is 15.9. The molecule has 0 bridgehead atoms. The van der Waals surface area contributed by atoms with Gasteiger partial charge in [-0.3, -0.25) is 5.41 Å². The maximum Gasteiger partial charge on any atom is 0.152 e.